The average molecular weight is 391 g/mol. The lowest BCUT2D eigenvalue weighted by molar-refractivity contribution is 0.526. The fourth-order valence-corrected chi connectivity index (χ4v) is 2.49. The normalized spacial score (nSPS) is 9.75. The molecule has 5 heteroatoms. The van der Waals surface area contributed by atoms with Crippen molar-refractivity contribution in [3.05, 3.63) is 88.6 Å². The third-order valence-electron chi connectivity index (χ3n) is 3.85. The summed E-state index contributed by atoms with van der Waals surface area (Å²) in [4.78, 5) is 4.20. The second-order valence-corrected chi connectivity index (χ2v) is 5.85. The molecule has 28 heavy (non-hydrogen) atoms. The van der Waals surface area contributed by atoms with E-state index in [9.17, 15) is 17.6 Å². The molecule has 0 N–H and O–H groups in total. The van der Waals surface area contributed by atoms with Crippen molar-refractivity contribution in [2.45, 2.75) is 41.0 Å². The topological polar surface area (TPSA) is 12.9 Å². The van der Waals surface area contributed by atoms with Crippen molar-refractivity contribution < 1.29 is 17.6 Å². The molecular weight excluding hydrogens is 366 g/mol. The molecule has 0 saturated carbocycles. The van der Waals surface area contributed by atoms with Crippen molar-refractivity contribution in [3.8, 4) is 11.3 Å². The number of benzene rings is 2. The molecule has 1 aromatic heterocycles. The molecule has 0 radical (unpaired) electrons. The Labute approximate surface area is 164 Å². The number of aromatic nitrogens is 1. The van der Waals surface area contributed by atoms with Gasteiger partial charge >= 0.3 is 0 Å². The number of hydrogen-bond donors (Lipinski definition) is 0. The second-order valence-electron chi connectivity index (χ2n) is 5.85. The molecule has 150 valence electrons. The molecule has 0 unspecified atom stereocenters. The van der Waals surface area contributed by atoms with Gasteiger partial charge in [-0.05, 0) is 49.6 Å². The Kier molecular flexibility index (Phi) is 9.36. The van der Waals surface area contributed by atoms with Crippen LogP contribution in [0.4, 0.5) is 17.6 Å². The van der Waals surface area contributed by atoms with E-state index in [4.69, 9.17) is 0 Å². The molecule has 0 atom stereocenters. The van der Waals surface area contributed by atoms with E-state index in [1.165, 1.54) is 6.07 Å². The quantitative estimate of drug-likeness (QED) is 0.421. The van der Waals surface area contributed by atoms with Gasteiger partial charge in [0, 0.05) is 29.5 Å². The van der Waals surface area contributed by atoms with E-state index in [1.807, 2.05) is 45.9 Å². The van der Waals surface area contributed by atoms with E-state index in [0.29, 0.717) is 17.7 Å². The van der Waals surface area contributed by atoms with Crippen LogP contribution >= 0.6 is 0 Å². The van der Waals surface area contributed by atoms with E-state index in [1.54, 1.807) is 19.2 Å². The van der Waals surface area contributed by atoms with Gasteiger partial charge in [-0.15, -0.1) is 0 Å². The first-order valence-electron chi connectivity index (χ1n) is 9.15. The van der Waals surface area contributed by atoms with Crippen LogP contribution in [-0.4, -0.2) is 4.98 Å². The first-order chi connectivity index (χ1) is 13.3. The molecule has 0 aliphatic heterocycles. The molecule has 0 saturated heterocycles. The Balaban J connectivity index is 0.000000268. The lowest BCUT2D eigenvalue weighted by Crippen LogP contribution is -1.94. The van der Waals surface area contributed by atoms with Crippen molar-refractivity contribution in [2.75, 3.05) is 0 Å². The summed E-state index contributed by atoms with van der Waals surface area (Å²) in [5.41, 5.74) is 3.13. The largest absolute Gasteiger partial charge is 0.256 e. The van der Waals surface area contributed by atoms with E-state index >= 15 is 0 Å². The SMILES string of the molecule is CC.CCc1c(F)cc(F)cc1F.Cc1ccc(-c2ncccc2C)c(F)c1. The van der Waals surface area contributed by atoms with Crippen LogP contribution in [0.25, 0.3) is 11.3 Å². The molecule has 0 aliphatic carbocycles. The zero-order valence-corrected chi connectivity index (χ0v) is 16.8. The Morgan fingerprint density at radius 1 is 0.821 bits per heavy atom. The molecular formula is C23H25F4N. The fraction of sp³-hybridized carbons (Fsp3) is 0.261. The maximum Gasteiger partial charge on any atom is 0.132 e. The van der Waals surface area contributed by atoms with Crippen LogP contribution in [0.1, 0.15) is 37.5 Å². The van der Waals surface area contributed by atoms with Gasteiger partial charge in [-0.1, -0.05) is 32.9 Å². The fourth-order valence-electron chi connectivity index (χ4n) is 2.49. The molecule has 0 spiro atoms. The van der Waals surface area contributed by atoms with Crippen molar-refractivity contribution in [2.24, 2.45) is 0 Å². The summed E-state index contributed by atoms with van der Waals surface area (Å²) >= 11 is 0. The molecule has 1 heterocycles. The minimum absolute atomic E-state index is 0.0635. The van der Waals surface area contributed by atoms with Crippen LogP contribution in [0.2, 0.25) is 0 Å². The van der Waals surface area contributed by atoms with Crippen LogP contribution in [0.5, 0.6) is 0 Å². The summed E-state index contributed by atoms with van der Waals surface area (Å²) in [6, 6.07) is 10.4. The van der Waals surface area contributed by atoms with Gasteiger partial charge in [0.2, 0.25) is 0 Å². The Bertz CT molecular complexity index is 884. The van der Waals surface area contributed by atoms with Crippen molar-refractivity contribution in [3.63, 3.8) is 0 Å². The molecule has 0 aliphatic rings. The number of halogens is 4. The molecule has 0 bridgehead atoms. The van der Waals surface area contributed by atoms with E-state index < -0.39 is 17.5 Å². The average Bonchev–Trinajstić information content (AvgIpc) is 2.64. The van der Waals surface area contributed by atoms with Gasteiger partial charge in [0.05, 0.1) is 5.69 Å². The van der Waals surface area contributed by atoms with Gasteiger partial charge in [-0.3, -0.25) is 4.98 Å². The van der Waals surface area contributed by atoms with Gasteiger partial charge in [0.15, 0.2) is 0 Å². The van der Waals surface area contributed by atoms with Gasteiger partial charge in [-0.2, -0.15) is 0 Å². The number of aryl methyl sites for hydroxylation is 2. The summed E-state index contributed by atoms with van der Waals surface area (Å²) in [5.74, 6) is -2.72. The monoisotopic (exact) mass is 391 g/mol. The number of nitrogens with zero attached hydrogens (tertiary/aromatic N) is 1. The van der Waals surface area contributed by atoms with E-state index in [2.05, 4.69) is 4.98 Å². The molecule has 0 amide bonds. The summed E-state index contributed by atoms with van der Waals surface area (Å²) in [6.45, 7) is 9.42. The molecule has 3 rings (SSSR count). The number of hydrogen-bond acceptors (Lipinski definition) is 1. The highest BCUT2D eigenvalue weighted by atomic mass is 19.1. The number of rotatable bonds is 2. The Hall–Kier alpha value is -2.69. The van der Waals surface area contributed by atoms with Crippen LogP contribution in [0.15, 0.2) is 48.7 Å². The minimum Gasteiger partial charge on any atom is -0.256 e. The minimum atomic E-state index is -0.878. The highest BCUT2D eigenvalue weighted by molar-refractivity contribution is 5.63. The second kappa shape index (κ2) is 11.2. The zero-order chi connectivity index (χ0) is 21.3. The standard InChI is InChI=1S/C13H12FN.C8H7F3.C2H6/c1-9-5-6-11(12(14)8-9)13-10(2)4-3-7-15-13;1-2-6-7(10)3-5(9)4-8(6)11;1-2/h3-8H,1-2H3;3-4H,2H2,1H3;1-2H3. The maximum absolute atomic E-state index is 13.7. The molecule has 3 aromatic rings. The smallest absolute Gasteiger partial charge is 0.132 e. The first-order valence-corrected chi connectivity index (χ1v) is 9.15. The van der Waals surface area contributed by atoms with Gasteiger partial charge in [0.25, 0.3) is 0 Å². The van der Waals surface area contributed by atoms with E-state index in [-0.39, 0.29) is 17.8 Å². The van der Waals surface area contributed by atoms with Crippen molar-refractivity contribution in [1.29, 1.82) is 0 Å². The summed E-state index contributed by atoms with van der Waals surface area (Å²) in [7, 11) is 0. The van der Waals surface area contributed by atoms with Crippen LogP contribution in [0.3, 0.4) is 0 Å². The highest BCUT2D eigenvalue weighted by Gasteiger charge is 2.09. The third-order valence-corrected chi connectivity index (χ3v) is 3.85. The summed E-state index contributed by atoms with van der Waals surface area (Å²) < 4.78 is 51.2. The van der Waals surface area contributed by atoms with Crippen LogP contribution in [0, 0.1) is 37.1 Å². The van der Waals surface area contributed by atoms with Crippen LogP contribution in [-0.2, 0) is 6.42 Å². The summed E-state index contributed by atoms with van der Waals surface area (Å²) in [5, 5.41) is 0. The van der Waals surface area contributed by atoms with Gasteiger partial charge in [-0.25, -0.2) is 17.6 Å². The summed E-state index contributed by atoms with van der Waals surface area (Å²) in [6.07, 6.45) is 1.92. The lowest BCUT2D eigenvalue weighted by atomic mass is 10.0. The number of pyridine rings is 1. The zero-order valence-electron chi connectivity index (χ0n) is 16.8. The molecule has 1 nitrogen and oxygen atoms in total. The third kappa shape index (κ3) is 6.19. The van der Waals surface area contributed by atoms with Crippen LogP contribution < -0.4 is 0 Å². The molecule has 2 aromatic carbocycles. The lowest BCUT2D eigenvalue weighted by Gasteiger charge is -2.06. The van der Waals surface area contributed by atoms with Gasteiger partial charge < -0.3 is 0 Å². The highest BCUT2D eigenvalue weighted by Crippen LogP contribution is 2.24. The predicted octanol–water partition coefficient (Wildman–Crippen LogP) is 7.20. The van der Waals surface area contributed by atoms with Crippen molar-refractivity contribution in [1.82, 2.24) is 4.98 Å². The van der Waals surface area contributed by atoms with Gasteiger partial charge in [0.1, 0.15) is 23.3 Å². The van der Waals surface area contributed by atoms with E-state index in [0.717, 1.165) is 16.8 Å². The predicted molar refractivity (Wildman–Crippen MR) is 106 cm³/mol. The molecule has 0 fully saturated rings. The maximum atomic E-state index is 13.7. The Morgan fingerprint density at radius 3 is 1.93 bits per heavy atom. The first kappa shape index (κ1) is 23.3. The van der Waals surface area contributed by atoms with Crippen molar-refractivity contribution >= 4 is 0 Å². The Morgan fingerprint density at radius 2 is 1.43 bits per heavy atom.